The molecular formula is C14H32N2S. The Kier molecular flexibility index (Phi) is 9.38. The van der Waals surface area contributed by atoms with Crippen LogP contribution in [0.25, 0.3) is 0 Å². The largest absolute Gasteiger partial charge is 0.303 e. The zero-order valence-corrected chi connectivity index (χ0v) is 13.2. The van der Waals surface area contributed by atoms with Gasteiger partial charge in [0.15, 0.2) is 0 Å². The first kappa shape index (κ1) is 17.3. The second-order valence-corrected chi connectivity index (χ2v) is 5.76. The van der Waals surface area contributed by atoms with E-state index in [4.69, 9.17) is 0 Å². The van der Waals surface area contributed by atoms with Crippen molar-refractivity contribution in [1.29, 1.82) is 0 Å². The van der Waals surface area contributed by atoms with Gasteiger partial charge in [-0.3, -0.25) is 0 Å². The van der Waals surface area contributed by atoms with Gasteiger partial charge in [0.25, 0.3) is 0 Å². The molecule has 1 fully saturated rings. The van der Waals surface area contributed by atoms with Crippen LogP contribution < -0.4 is 0 Å². The van der Waals surface area contributed by atoms with Crippen molar-refractivity contribution in [3.8, 4) is 0 Å². The molecule has 0 bridgehead atoms. The molecule has 0 amide bonds. The van der Waals surface area contributed by atoms with Gasteiger partial charge in [-0.2, -0.15) is 13.5 Å². The van der Waals surface area contributed by atoms with E-state index < -0.39 is 0 Å². The maximum absolute atomic E-state index is 2.64. The molecule has 0 N–H and O–H groups in total. The molecule has 0 aromatic carbocycles. The number of likely N-dealkylation sites (tertiary alicyclic amines) is 1. The molecule has 1 heterocycles. The third-order valence-corrected chi connectivity index (χ3v) is 3.66. The summed E-state index contributed by atoms with van der Waals surface area (Å²) in [5.41, 5.74) is 0. The lowest BCUT2D eigenvalue weighted by atomic mass is 10.0. The van der Waals surface area contributed by atoms with Crippen molar-refractivity contribution in [2.24, 2.45) is 5.92 Å². The van der Waals surface area contributed by atoms with Gasteiger partial charge in [0, 0.05) is 12.6 Å². The van der Waals surface area contributed by atoms with Crippen molar-refractivity contribution < 1.29 is 0 Å². The molecule has 1 aliphatic heterocycles. The quantitative estimate of drug-likeness (QED) is 0.724. The van der Waals surface area contributed by atoms with E-state index in [0.717, 1.165) is 12.0 Å². The first-order valence-corrected chi connectivity index (χ1v) is 7.06. The van der Waals surface area contributed by atoms with Crippen LogP contribution in [0.3, 0.4) is 0 Å². The highest BCUT2D eigenvalue weighted by molar-refractivity contribution is 7.59. The molecule has 0 saturated carbocycles. The van der Waals surface area contributed by atoms with Gasteiger partial charge in [0.1, 0.15) is 0 Å². The lowest BCUT2D eigenvalue weighted by molar-refractivity contribution is 0.118. The zero-order valence-electron chi connectivity index (χ0n) is 12.2. The average Bonchev–Trinajstić information content (AvgIpc) is 2.26. The number of rotatable bonds is 6. The molecule has 0 aromatic rings. The monoisotopic (exact) mass is 260 g/mol. The Labute approximate surface area is 115 Å². The van der Waals surface area contributed by atoms with E-state index in [-0.39, 0.29) is 13.5 Å². The molecule has 0 aliphatic carbocycles. The van der Waals surface area contributed by atoms with Crippen LogP contribution >= 0.6 is 13.5 Å². The average molecular weight is 260 g/mol. The third-order valence-electron chi connectivity index (χ3n) is 3.66. The van der Waals surface area contributed by atoms with Crippen LogP contribution in [0.5, 0.6) is 0 Å². The summed E-state index contributed by atoms with van der Waals surface area (Å²) in [5.74, 6) is 0.795. The second-order valence-electron chi connectivity index (χ2n) is 5.76. The Morgan fingerprint density at radius 3 is 2.29 bits per heavy atom. The van der Waals surface area contributed by atoms with Gasteiger partial charge in [-0.1, -0.05) is 27.2 Å². The van der Waals surface area contributed by atoms with Gasteiger partial charge in [-0.25, -0.2) is 0 Å². The molecule has 1 aliphatic rings. The molecule has 1 saturated heterocycles. The highest BCUT2D eigenvalue weighted by Crippen LogP contribution is 2.16. The Balaban J connectivity index is 0.00000256. The molecule has 0 spiro atoms. The number of nitrogens with zero attached hydrogens (tertiary/aromatic N) is 2. The van der Waals surface area contributed by atoms with Crippen LogP contribution in [-0.2, 0) is 0 Å². The molecule has 0 aromatic heterocycles. The minimum atomic E-state index is 0. The van der Waals surface area contributed by atoms with Crippen LogP contribution in [0, 0.1) is 5.92 Å². The summed E-state index contributed by atoms with van der Waals surface area (Å²) in [6.07, 6.45) is 5.43. The topological polar surface area (TPSA) is 6.48 Å². The van der Waals surface area contributed by atoms with Crippen LogP contribution in [-0.4, -0.2) is 49.1 Å². The predicted molar refractivity (Wildman–Crippen MR) is 82.2 cm³/mol. The zero-order chi connectivity index (χ0) is 12.0. The van der Waals surface area contributed by atoms with Crippen molar-refractivity contribution in [2.75, 3.05) is 33.2 Å². The minimum Gasteiger partial charge on any atom is -0.303 e. The molecule has 17 heavy (non-hydrogen) atoms. The molecule has 104 valence electrons. The van der Waals surface area contributed by atoms with Crippen molar-refractivity contribution in [1.82, 2.24) is 9.80 Å². The summed E-state index contributed by atoms with van der Waals surface area (Å²) >= 11 is 0. The molecular weight excluding hydrogens is 228 g/mol. The standard InChI is InChI=1S/C14H30N2.H2S/c1-5-6-9-16-10-7-14(8-11-16)15(4)12-13(2)3;/h13-14H,5-12H2,1-4H3;1H2. The third kappa shape index (κ3) is 6.68. The van der Waals surface area contributed by atoms with E-state index in [1.807, 2.05) is 0 Å². The summed E-state index contributed by atoms with van der Waals surface area (Å²) < 4.78 is 0. The molecule has 0 atom stereocenters. The maximum atomic E-state index is 2.64. The normalized spacial score (nSPS) is 18.7. The van der Waals surface area contributed by atoms with Crippen molar-refractivity contribution in [2.45, 2.75) is 52.5 Å². The number of hydrogen-bond acceptors (Lipinski definition) is 2. The van der Waals surface area contributed by atoms with Gasteiger partial charge in [-0.05, 0) is 51.9 Å². The fourth-order valence-electron chi connectivity index (χ4n) is 2.69. The molecule has 1 rings (SSSR count). The summed E-state index contributed by atoms with van der Waals surface area (Å²) in [6, 6.07) is 0.834. The second kappa shape index (κ2) is 9.23. The van der Waals surface area contributed by atoms with E-state index in [1.54, 1.807) is 0 Å². The van der Waals surface area contributed by atoms with Crippen LogP contribution in [0.1, 0.15) is 46.5 Å². The van der Waals surface area contributed by atoms with Gasteiger partial charge < -0.3 is 9.80 Å². The Bertz CT molecular complexity index is 177. The van der Waals surface area contributed by atoms with Crippen LogP contribution in [0.4, 0.5) is 0 Å². The molecule has 0 unspecified atom stereocenters. The van der Waals surface area contributed by atoms with E-state index >= 15 is 0 Å². The molecule has 2 nitrogen and oxygen atoms in total. The lowest BCUT2D eigenvalue weighted by Gasteiger charge is -2.37. The summed E-state index contributed by atoms with van der Waals surface area (Å²) in [6.45, 7) is 12.1. The number of hydrogen-bond donors (Lipinski definition) is 0. The Hall–Kier alpha value is 0.270. The van der Waals surface area contributed by atoms with E-state index in [2.05, 4.69) is 37.6 Å². The minimum absolute atomic E-state index is 0. The van der Waals surface area contributed by atoms with Crippen LogP contribution in [0.2, 0.25) is 0 Å². The SMILES string of the molecule is CCCCN1CCC(N(C)CC(C)C)CC1.S. The van der Waals surface area contributed by atoms with E-state index in [1.165, 1.54) is 51.9 Å². The number of unbranched alkanes of at least 4 members (excludes halogenated alkanes) is 1. The van der Waals surface area contributed by atoms with Gasteiger partial charge in [-0.15, -0.1) is 0 Å². The first-order chi connectivity index (χ1) is 7.63. The molecule has 3 heteroatoms. The van der Waals surface area contributed by atoms with Crippen molar-refractivity contribution in [3.05, 3.63) is 0 Å². The molecule has 0 radical (unpaired) electrons. The highest BCUT2D eigenvalue weighted by Gasteiger charge is 2.22. The Morgan fingerprint density at radius 2 is 1.82 bits per heavy atom. The fourth-order valence-corrected chi connectivity index (χ4v) is 2.69. The van der Waals surface area contributed by atoms with Gasteiger partial charge in [0.05, 0.1) is 0 Å². The smallest absolute Gasteiger partial charge is 0.0117 e. The van der Waals surface area contributed by atoms with Crippen LogP contribution in [0.15, 0.2) is 0 Å². The summed E-state index contributed by atoms with van der Waals surface area (Å²) in [5, 5.41) is 0. The van der Waals surface area contributed by atoms with Gasteiger partial charge in [0.2, 0.25) is 0 Å². The van der Waals surface area contributed by atoms with Crippen molar-refractivity contribution >= 4 is 13.5 Å². The maximum Gasteiger partial charge on any atom is 0.0117 e. The van der Waals surface area contributed by atoms with Gasteiger partial charge >= 0.3 is 0 Å². The fraction of sp³-hybridized carbons (Fsp3) is 1.00. The predicted octanol–water partition coefficient (Wildman–Crippen LogP) is 2.95. The number of piperidine rings is 1. The van der Waals surface area contributed by atoms with E-state index in [0.29, 0.717) is 0 Å². The summed E-state index contributed by atoms with van der Waals surface area (Å²) in [7, 11) is 2.30. The Morgan fingerprint density at radius 1 is 1.24 bits per heavy atom. The van der Waals surface area contributed by atoms with Crippen molar-refractivity contribution in [3.63, 3.8) is 0 Å². The first-order valence-electron chi connectivity index (χ1n) is 7.06. The summed E-state index contributed by atoms with van der Waals surface area (Å²) in [4.78, 5) is 5.21. The van der Waals surface area contributed by atoms with E-state index in [9.17, 15) is 0 Å². The highest BCUT2D eigenvalue weighted by atomic mass is 32.1. The lowest BCUT2D eigenvalue weighted by Crippen LogP contribution is -2.44.